The van der Waals surface area contributed by atoms with Gasteiger partial charge in [0.25, 0.3) is 0 Å². The van der Waals surface area contributed by atoms with Crippen molar-refractivity contribution in [3.05, 3.63) is 29.8 Å². The van der Waals surface area contributed by atoms with Crippen LogP contribution >= 0.6 is 11.8 Å². The van der Waals surface area contributed by atoms with Crippen LogP contribution in [0.1, 0.15) is 31.9 Å². The van der Waals surface area contributed by atoms with Gasteiger partial charge in [0.2, 0.25) is 0 Å². The third-order valence-electron chi connectivity index (χ3n) is 2.95. The molecule has 2 atom stereocenters. The number of nitrogens with one attached hydrogen (secondary N) is 1. The van der Waals surface area contributed by atoms with E-state index >= 15 is 0 Å². The number of hydrogen-bond acceptors (Lipinski definition) is 3. The molecule has 0 aliphatic heterocycles. The summed E-state index contributed by atoms with van der Waals surface area (Å²) in [5.41, 5.74) is 1.23. The van der Waals surface area contributed by atoms with Crippen LogP contribution in [-0.2, 0) is 0 Å². The molecular formula is C14H23NOS. The van der Waals surface area contributed by atoms with Crippen LogP contribution in [-0.4, -0.2) is 25.2 Å². The van der Waals surface area contributed by atoms with Gasteiger partial charge >= 0.3 is 0 Å². The molecule has 1 aromatic carbocycles. The molecule has 1 N–H and O–H groups in total. The van der Waals surface area contributed by atoms with Gasteiger partial charge in [-0.2, -0.15) is 11.8 Å². The molecule has 0 radical (unpaired) electrons. The first-order chi connectivity index (χ1) is 8.22. The minimum atomic E-state index is 0.322. The Hall–Kier alpha value is -0.670. The minimum absolute atomic E-state index is 0.322. The van der Waals surface area contributed by atoms with Crippen molar-refractivity contribution in [1.82, 2.24) is 5.32 Å². The number of rotatable bonds is 7. The van der Waals surface area contributed by atoms with E-state index in [1.165, 1.54) is 5.56 Å². The van der Waals surface area contributed by atoms with Gasteiger partial charge in [-0.15, -0.1) is 0 Å². The highest BCUT2D eigenvalue weighted by atomic mass is 32.2. The lowest BCUT2D eigenvalue weighted by atomic mass is 10.1. The summed E-state index contributed by atoms with van der Waals surface area (Å²) in [6, 6.07) is 9.10. The van der Waals surface area contributed by atoms with Crippen molar-refractivity contribution in [2.45, 2.75) is 32.4 Å². The molecule has 0 fully saturated rings. The molecule has 0 amide bonds. The van der Waals surface area contributed by atoms with Crippen molar-refractivity contribution < 1.29 is 4.74 Å². The topological polar surface area (TPSA) is 21.3 Å². The van der Waals surface area contributed by atoms with Crippen molar-refractivity contribution in [2.24, 2.45) is 0 Å². The summed E-state index contributed by atoms with van der Waals surface area (Å²) in [7, 11) is 1.73. The Balaban J connectivity index is 2.71. The third-order valence-corrected chi connectivity index (χ3v) is 3.69. The number of methoxy groups -OCH3 is 1. The Morgan fingerprint density at radius 3 is 2.65 bits per heavy atom. The maximum Gasteiger partial charge on any atom is 0.123 e. The summed E-state index contributed by atoms with van der Waals surface area (Å²) in [6.07, 6.45) is 3.30. The highest BCUT2D eigenvalue weighted by Crippen LogP contribution is 2.25. The Morgan fingerprint density at radius 1 is 1.35 bits per heavy atom. The number of thioether (sulfide) groups is 1. The van der Waals surface area contributed by atoms with E-state index in [1.807, 2.05) is 23.9 Å². The minimum Gasteiger partial charge on any atom is -0.496 e. The normalized spacial score (nSPS) is 14.4. The second-order valence-electron chi connectivity index (χ2n) is 4.19. The van der Waals surface area contributed by atoms with Crippen molar-refractivity contribution in [1.29, 1.82) is 0 Å². The van der Waals surface area contributed by atoms with Gasteiger partial charge in [-0.3, -0.25) is 0 Å². The van der Waals surface area contributed by atoms with Gasteiger partial charge in [-0.1, -0.05) is 25.1 Å². The molecule has 0 saturated heterocycles. The van der Waals surface area contributed by atoms with E-state index in [2.05, 4.69) is 37.6 Å². The maximum atomic E-state index is 5.40. The first-order valence-electron chi connectivity index (χ1n) is 6.10. The van der Waals surface area contributed by atoms with Crippen LogP contribution in [0.2, 0.25) is 0 Å². The van der Waals surface area contributed by atoms with Crippen LogP contribution < -0.4 is 10.1 Å². The molecular weight excluding hydrogens is 230 g/mol. The Bertz CT molecular complexity index is 330. The van der Waals surface area contributed by atoms with E-state index < -0.39 is 0 Å². The maximum absolute atomic E-state index is 5.40. The van der Waals surface area contributed by atoms with Crippen molar-refractivity contribution in [3.8, 4) is 5.75 Å². The molecule has 0 heterocycles. The molecule has 1 rings (SSSR count). The SMILES string of the molecule is CCC(CSC)NC(C)c1ccccc1OC. The zero-order valence-corrected chi connectivity index (χ0v) is 12.0. The standard InChI is InChI=1S/C14H23NOS/c1-5-12(10-17-4)15-11(2)13-8-6-7-9-14(13)16-3/h6-9,11-12,15H,5,10H2,1-4H3. The summed E-state index contributed by atoms with van der Waals surface area (Å²) in [4.78, 5) is 0. The summed E-state index contributed by atoms with van der Waals surface area (Å²) in [6.45, 7) is 4.42. The van der Waals surface area contributed by atoms with E-state index in [4.69, 9.17) is 4.74 Å². The predicted molar refractivity (Wildman–Crippen MR) is 77.0 cm³/mol. The largest absolute Gasteiger partial charge is 0.496 e. The second kappa shape index (κ2) is 7.62. The summed E-state index contributed by atoms with van der Waals surface area (Å²) >= 11 is 1.89. The quantitative estimate of drug-likeness (QED) is 0.804. The molecule has 2 unspecified atom stereocenters. The highest BCUT2D eigenvalue weighted by Gasteiger charge is 2.14. The van der Waals surface area contributed by atoms with E-state index in [1.54, 1.807) is 7.11 Å². The van der Waals surface area contributed by atoms with Crippen LogP contribution in [0, 0.1) is 0 Å². The summed E-state index contributed by atoms with van der Waals surface area (Å²) < 4.78 is 5.40. The Kier molecular flexibility index (Phi) is 6.45. The van der Waals surface area contributed by atoms with Crippen LogP contribution in [0.3, 0.4) is 0 Å². The molecule has 17 heavy (non-hydrogen) atoms. The molecule has 2 nitrogen and oxygen atoms in total. The zero-order chi connectivity index (χ0) is 12.7. The number of ether oxygens (including phenoxy) is 1. The molecule has 0 aromatic heterocycles. The lowest BCUT2D eigenvalue weighted by Gasteiger charge is -2.23. The zero-order valence-electron chi connectivity index (χ0n) is 11.2. The molecule has 0 saturated carbocycles. The highest BCUT2D eigenvalue weighted by molar-refractivity contribution is 7.98. The molecule has 96 valence electrons. The number of para-hydroxylation sites is 1. The average molecular weight is 253 g/mol. The van der Waals surface area contributed by atoms with Crippen molar-refractivity contribution in [2.75, 3.05) is 19.1 Å². The molecule has 0 bridgehead atoms. The monoisotopic (exact) mass is 253 g/mol. The third kappa shape index (κ3) is 4.25. The molecule has 0 spiro atoms. The van der Waals surface area contributed by atoms with E-state index in [0.717, 1.165) is 17.9 Å². The van der Waals surface area contributed by atoms with Gasteiger partial charge in [-0.25, -0.2) is 0 Å². The summed E-state index contributed by atoms with van der Waals surface area (Å²) in [5, 5.41) is 3.66. The lowest BCUT2D eigenvalue weighted by molar-refractivity contribution is 0.395. The van der Waals surface area contributed by atoms with E-state index in [-0.39, 0.29) is 0 Å². The van der Waals surface area contributed by atoms with Gasteiger partial charge in [-0.05, 0) is 25.7 Å². The fourth-order valence-corrected chi connectivity index (χ4v) is 2.69. The van der Waals surface area contributed by atoms with Crippen LogP contribution in [0.5, 0.6) is 5.75 Å². The van der Waals surface area contributed by atoms with Gasteiger partial charge in [0, 0.05) is 23.4 Å². The first-order valence-corrected chi connectivity index (χ1v) is 7.50. The smallest absolute Gasteiger partial charge is 0.123 e. The van der Waals surface area contributed by atoms with Crippen LogP contribution in [0.15, 0.2) is 24.3 Å². The van der Waals surface area contributed by atoms with E-state index in [0.29, 0.717) is 12.1 Å². The second-order valence-corrected chi connectivity index (χ2v) is 5.10. The number of benzene rings is 1. The lowest BCUT2D eigenvalue weighted by Crippen LogP contribution is -2.33. The molecule has 3 heteroatoms. The van der Waals surface area contributed by atoms with Gasteiger partial charge in [0.15, 0.2) is 0 Å². The van der Waals surface area contributed by atoms with Crippen LogP contribution in [0.4, 0.5) is 0 Å². The Morgan fingerprint density at radius 2 is 2.06 bits per heavy atom. The number of hydrogen-bond donors (Lipinski definition) is 1. The molecule has 0 aliphatic carbocycles. The molecule has 0 aliphatic rings. The van der Waals surface area contributed by atoms with Crippen LogP contribution in [0.25, 0.3) is 0 Å². The van der Waals surface area contributed by atoms with Gasteiger partial charge in [0.05, 0.1) is 7.11 Å². The first kappa shape index (κ1) is 14.4. The van der Waals surface area contributed by atoms with Gasteiger partial charge < -0.3 is 10.1 Å². The van der Waals surface area contributed by atoms with Crippen molar-refractivity contribution >= 4 is 11.8 Å². The van der Waals surface area contributed by atoms with Crippen molar-refractivity contribution in [3.63, 3.8) is 0 Å². The fourth-order valence-electron chi connectivity index (χ4n) is 1.95. The summed E-state index contributed by atoms with van der Waals surface area (Å²) in [5.74, 6) is 2.11. The predicted octanol–water partition coefficient (Wildman–Crippen LogP) is 3.49. The average Bonchev–Trinajstić information content (AvgIpc) is 2.38. The molecule has 1 aromatic rings. The van der Waals surface area contributed by atoms with Gasteiger partial charge in [0.1, 0.15) is 5.75 Å². The Labute approximate surface area is 109 Å². The van der Waals surface area contributed by atoms with E-state index in [9.17, 15) is 0 Å². The fraction of sp³-hybridized carbons (Fsp3) is 0.571.